The van der Waals surface area contributed by atoms with Gasteiger partial charge in [0.15, 0.2) is 0 Å². The van der Waals surface area contributed by atoms with E-state index in [2.05, 4.69) is 54.2 Å². The number of pyridine rings is 1. The van der Waals surface area contributed by atoms with Crippen molar-refractivity contribution in [2.24, 2.45) is 0 Å². The summed E-state index contributed by atoms with van der Waals surface area (Å²) in [5, 5.41) is 3.01. The number of nitrogens with zero attached hydrogens (tertiary/aromatic N) is 3. The maximum Gasteiger partial charge on any atom is 0.321 e. The van der Waals surface area contributed by atoms with Crippen LogP contribution in [0, 0.1) is 0 Å². The molecule has 1 aliphatic heterocycles. The molecular formula is C21H28N4O. The smallest absolute Gasteiger partial charge is 0.321 e. The predicted octanol–water partition coefficient (Wildman–Crippen LogP) is 4.12. The third-order valence-corrected chi connectivity index (χ3v) is 4.94. The summed E-state index contributed by atoms with van der Waals surface area (Å²) in [6.07, 6.45) is 2.81. The number of nitrogens with one attached hydrogen (secondary N) is 1. The highest BCUT2D eigenvalue weighted by Gasteiger charge is 2.23. The molecule has 0 saturated carbocycles. The molecule has 0 aliphatic carbocycles. The lowest BCUT2D eigenvalue weighted by Crippen LogP contribution is -2.50. The molecule has 0 bridgehead atoms. The Balaban J connectivity index is 1.56. The average molecular weight is 352 g/mol. The highest BCUT2D eigenvalue weighted by atomic mass is 16.2. The van der Waals surface area contributed by atoms with Gasteiger partial charge in [0.1, 0.15) is 5.82 Å². The number of amides is 2. The molecule has 0 unspecified atom stereocenters. The van der Waals surface area contributed by atoms with E-state index in [1.807, 2.05) is 29.3 Å². The zero-order valence-corrected chi connectivity index (χ0v) is 15.9. The first-order valence-corrected chi connectivity index (χ1v) is 9.43. The largest absolute Gasteiger partial charge is 0.353 e. The molecule has 26 heavy (non-hydrogen) atoms. The zero-order valence-electron chi connectivity index (χ0n) is 15.9. The van der Waals surface area contributed by atoms with Gasteiger partial charge in [-0.1, -0.05) is 39.0 Å². The molecule has 1 aliphatic rings. The Hall–Kier alpha value is -2.56. The number of aryl methyl sites for hydroxylation is 1. The molecule has 1 fully saturated rings. The van der Waals surface area contributed by atoms with E-state index in [1.54, 1.807) is 0 Å². The predicted molar refractivity (Wildman–Crippen MR) is 107 cm³/mol. The molecular weight excluding hydrogens is 324 g/mol. The van der Waals surface area contributed by atoms with Crippen LogP contribution in [-0.4, -0.2) is 42.1 Å². The summed E-state index contributed by atoms with van der Waals surface area (Å²) in [5.74, 6) is 1.55. The maximum atomic E-state index is 12.5. The molecule has 0 spiro atoms. The Morgan fingerprint density at radius 1 is 1.12 bits per heavy atom. The number of rotatable bonds is 4. The van der Waals surface area contributed by atoms with Gasteiger partial charge in [-0.05, 0) is 41.7 Å². The van der Waals surface area contributed by atoms with E-state index in [4.69, 9.17) is 0 Å². The van der Waals surface area contributed by atoms with Gasteiger partial charge in [0.05, 0.1) is 0 Å². The number of benzene rings is 1. The lowest BCUT2D eigenvalue weighted by atomic mass is 10.0. The summed E-state index contributed by atoms with van der Waals surface area (Å²) >= 11 is 0. The average Bonchev–Trinajstić information content (AvgIpc) is 2.68. The van der Waals surface area contributed by atoms with Gasteiger partial charge in [0, 0.05) is 38.1 Å². The van der Waals surface area contributed by atoms with Gasteiger partial charge in [0.25, 0.3) is 0 Å². The first kappa shape index (κ1) is 18.2. The van der Waals surface area contributed by atoms with Crippen LogP contribution in [0.3, 0.4) is 0 Å². The van der Waals surface area contributed by atoms with Crippen LogP contribution < -0.4 is 10.2 Å². The monoisotopic (exact) mass is 352 g/mol. The second kappa shape index (κ2) is 8.21. The van der Waals surface area contributed by atoms with Crippen LogP contribution in [0.15, 0.2) is 42.6 Å². The van der Waals surface area contributed by atoms with Crippen molar-refractivity contribution in [3.8, 4) is 0 Å². The molecule has 0 atom stereocenters. The fourth-order valence-corrected chi connectivity index (χ4v) is 3.27. The van der Waals surface area contributed by atoms with Crippen molar-refractivity contribution in [3.05, 3.63) is 53.7 Å². The fourth-order valence-electron chi connectivity index (χ4n) is 3.27. The Labute approximate surface area is 156 Å². The molecule has 0 radical (unpaired) electrons. The minimum Gasteiger partial charge on any atom is -0.353 e. The number of carbonyl (C=O) groups is 1. The number of piperazine rings is 1. The van der Waals surface area contributed by atoms with E-state index in [0.717, 1.165) is 31.0 Å². The second-order valence-electron chi connectivity index (χ2n) is 7.02. The van der Waals surface area contributed by atoms with Crippen LogP contribution in [0.5, 0.6) is 0 Å². The van der Waals surface area contributed by atoms with Crippen molar-refractivity contribution in [2.45, 2.75) is 33.1 Å². The number of aromatic nitrogens is 1. The zero-order chi connectivity index (χ0) is 18.5. The van der Waals surface area contributed by atoms with Crippen molar-refractivity contribution in [2.75, 3.05) is 36.4 Å². The van der Waals surface area contributed by atoms with Gasteiger partial charge < -0.3 is 15.1 Å². The van der Waals surface area contributed by atoms with Crippen LogP contribution in [0.25, 0.3) is 0 Å². The molecule has 1 saturated heterocycles. The minimum absolute atomic E-state index is 0.0290. The first-order valence-electron chi connectivity index (χ1n) is 9.43. The van der Waals surface area contributed by atoms with Crippen LogP contribution in [0.4, 0.5) is 16.3 Å². The minimum atomic E-state index is -0.0290. The van der Waals surface area contributed by atoms with Crippen molar-refractivity contribution >= 4 is 17.5 Å². The van der Waals surface area contributed by atoms with Gasteiger partial charge in [-0.15, -0.1) is 0 Å². The van der Waals surface area contributed by atoms with Crippen LogP contribution in [0.1, 0.15) is 37.8 Å². The second-order valence-corrected chi connectivity index (χ2v) is 7.02. The molecule has 138 valence electrons. The highest BCUT2D eigenvalue weighted by Crippen LogP contribution is 2.20. The van der Waals surface area contributed by atoms with Gasteiger partial charge in [0.2, 0.25) is 0 Å². The lowest BCUT2D eigenvalue weighted by molar-refractivity contribution is 0.208. The summed E-state index contributed by atoms with van der Waals surface area (Å²) < 4.78 is 0. The van der Waals surface area contributed by atoms with E-state index in [-0.39, 0.29) is 6.03 Å². The van der Waals surface area contributed by atoms with E-state index in [0.29, 0.717) is 19.0 Å². The highest BCUT2D eigenvalue weighted by molar-refractivity contribution is 5.89. The summed E-state index contributed by atoms with van der Waals surface area (Å²) in [6, 6.07) is 12.2. The fraction of sp³-hybridized carbons (Fsp3) is 0.429. The lowest BCUT2D eigenvalue weighted by Gasteiger charge is -2.36. The maximum absolute atomic E-state index is 12.5. The molecule has 2 heterocycles. The molecule has 5 heteroatoms. The molecule has 3 rings (SSSR count). The molecule has 2 amide bonds. The van der Waals surface area contributed by atoms with Crippen LogP contribution in [-0.2, 0) is 6.42 Å². The van der Waals surface area contributed by atoms with E-state index in [1.165, 1.54) is 11.1 Å². The number of anilines is 2. The Morgan fingerprint density at radius 3 is 2.42 bits per heavy atom. The molecule has 1 N–H and O–H groups in total. The van der Waals surface area contributed by atoms with Crippen molar-refractivity contribution in [3.63, 3.8) is 0 Å². The van der Waals surface area contributed by atoms with Gasteiger partial charge in [-0.25, -0.2) is 9.78 Å². The van der Waals surface area contributed by atoms with Gasteiger partial charge >= 0.3 is 6.03 Å². The number of hydrogen-bond acceptors (Lipinski definition) is 3. The summed E-state index contributed by atoms with van der Waals surface area (Å²) in [6.45, 7) is 9.50. The van der Waals surface area contributed by atoms with E-state index >= 15 is 0 Å². The summed E-state index contributed by atoms with van der Waals surface area (Å²) in [5.41, 5.74) is 3.38. The molecule has 1 aromatic carbocycles. The molecule has 1 aromatic heterocycles. The van der Waals surface area contributed by atoms with Gasteiger partial charge in [-0.2, -0.15) is 0 Å². The van der Waals surface area contributed by atoms with Gasteiger partial charge in [-0.3, -0.25) is 0 Å². The quantitative estimate of drug-likeness (QED) is 0.900. The number of urea groups is 1. The Kier molecular flexibility index (Phi) is 5.76. The van der Waals surface area contributed by atoms with Crippen molar-refractivity contribution in [1.29, 1.82) is 0 Å². The Morgan fingerprint density at radius 2 is 1.81 bits per heavy atom. The Bertz CT molecular complexity index is 734. The normalized spacial score (nSPS) is 14.6. The first-order chi connectivity index (χ1) is 12.6. The third kappa shape index (κ3) is 4.15. The van der Waals surface area contributed by atoms with E-state index in [9.17, 15) is 4.79 Å². The summed E-state index contributed by atoms with van der Waals surface area (Å²) in [4.78, 5) is 21.2. The van der Waals surface area contributed by atoms with Crippen molar-refractivity contribution in [1.82, 2.24) is 9.88 Å². The third-order valence-electron chi connectivity index (χ3n) is 4.94. The molecule has 5 nitrogen and oxygen atoms in total. The standard InChI is InChI=1S/C21H28N4O/c1-4-17-6-5-11-22-20(17)24-12-14-25(15-13-24)21(26)23-19-9-7-18(8-10-19)16(2)3/h5-11,16H,4,12-15H2,1-3H3,(H,23,26). The van der Waals surface area contributed by atoms with Crippen LogP contribution in [0.2, 0.25) is 0 Å². The van der Waals surface area contributed by atoms with E-state index < -0.39 is 0 Å². The molecule has 2 aromatic rings. The summed E-state index contributed by atoms with van der Waals surface area (Å²) in [7, 11) is 0. The number of carbonyl (C=O) groups excluding carboxylic acids is 1. The SMILES string of the molecule is CCc1cccnc1N1CCN(C(=O)Nc2ccc(C(C)C)cc2)CC1. The van der Waals surface area contributed by atoms with Crippen LogP contribution >= 0.6 is 0 Å². The number of hydrogen-bond donors (Lipinski definition) is 1. The van der Waals surface area contributed by atoms with Crippen molar-refractivity contribution < 1.29 is 4.79 Å². The topological polar surface area (TPSA) is 48.5 Å².